The van der Waals surface area contributed by atoms with Gasteiger partial charge in [-0.15, -0.1) is 0 Å². The Balaban J connectivity index is 0.00000512. The van der Waals surface area contributed by atoms with Crippen LogP contribution in [0.3, 0.4) is 0 Å². The summed E-state index contributed by atoms with van der Waals surface area (Å²) >= 11 is 11.6. The standard InChI is InChI=1S/C20H27Cl2N7O2.BrH/c1-29(2,11-4-3-9-25-19(30)13-5-7-14(21)8-6-13)12-10-26-20(31)15-17(23)28-18(24)16(22)27-15;/h5-8H,3-4,9-12H2,1-2H3,(H5-,23,24,25,26,28,30,31);1H. The number of rotatable bonds is 10. The molecule has 0 bridgehead atoms. The summed E-state index contributed by atoms with van der Waals surface area (Å²) in [4.78, 5) is 32.0. The Morgan fingerprint density at radius 3 is 2.19 bits per heavy atom. The Kier molecular flexibility index (Phi) is 11.1. The fourth-order valence-electron chi connectivity index (χ4n) is 2.85. The minimum atomic E-state index is -0.447. The summed E-state index contributed by atoms with van der Waals surface area (Å²) in [6, 6.07) is 6.78. The van der Waals surface area contributed by atoms with E-state index in [1.807, 2.05) is 0 Å². The molecule has 6 N–H and O–H groups in total. The van der Waals surface area contributed by atoms with Gasteiger partial charge in [-0.3, -0.25) is 9.59 Å². The number of quaternary nitrogens is 1. The predicted molar refractivity (Wildman–Crippen MR) is 123 cm³/mol. The van der Waals surface area contributed by atoms with Gasteiger partial charge in [0.25, 0.3) is 11.8 Å². The number of amides is 2. The number of hydrogen-bond acceptors (Lipinski definition) is 6. The lowest BCUT2D eigenvalue weighted by Crippen LogP contribution is -3.00. The zero-order valence-electron chi connectivity index (χ0n) is 18.0. The molecule has 2 rings (SSSR count). The molecule has 0 aliphatic carbocycles. The average molecular weight is 549 g/mol. The first-order valence-corrected chi connectivity index (χ1v) is 10.6. The lowest BCUT2D eigenvalue weighted by molar-refractivity contribution is -0.889. The van der Waals surface area contributed by atoms with Crippen molar-refractivity contribution in [3.8, 4) is 0 Å². The van der Waals surface area contributed by atoms with Crippen molar-refractivity contribution in [3.05, 3.63) is 45.7 Å². The van der Waals surface area contributed by atoms with Gasteiger partial charge in [0, 0.05) is 17.1 Å². The predicted octanol–water partition coefficient (Wildman–Crippen LogP) is -1.03. The Labute approximate surface area is 208 Å². The summed E-state index contributed by atoms with van der Waals surface area (Å²) in [6.07, 6.45) is 1.78. The fraction of sp³-hybridized carbons (Fsp3) is 0.400. The number of carbonyl (C=O) groups is 2. The smallest absolute Gasteiger partial charge is 0.273 e. The number of nitrogen functional groups attached to an aromatic ring is 2. The van der Waals surface area contributed by atoms with Crippen LogP contribution in [0.4, 0.5) is 11.6 Å². The van der Waals surface area contributed by atoms with Gasteiger partial charge in [0.15, 0.2) is 22.5 Å². The molecule has 12 heteroatoms. The molecule has 0 atom stereocenters. The van der Waals surface area contributed by atoms with E-state index in [1.54, 1.807) is 24.3 Å². The van der Waals surface area contributed by atoms with E-state index >= 15 is 0 Å². The molecule has 0 saturated carbocycles. The second kappa shape index (κ2) is 12.8. The monoisotopic (exact) mass is 547 g/mol. The van der Waals surface area contributed by atoms with E-state index in [9.17, 15) is 9.59 Å². The maximum atomic E-state index is 12.3. The van der Waals surface area contributed by atoms with Crippen LogP contribution in [0.25, 0.3) is 0 Å². The average Bonchev–Trinajstić information content (AvgIpc) is 2.70. The van der Waals surface area contributed by atoms with E-state index in [1.165, 1.54) is 0 Å². The summed E-state index contributed by atoms with van der Waals surface area (Å²) in [5.41, 5.74) is 11.8. The number of benzene rings is 1. The lowest BCUT2D eigenvalue weighted by atomic mass is 10.2. The maximum Gasteiger partial charge on any atom is 0.273 e. The highest BCUT2D eigenvalue weighted by atomic mass is 79.9. The lowest BCUT2D eigenvalue weighted by Gasteiger charge is -2.30. The minimum Gasteiger partial charge on any atom is -1.00 e. The number of nitrogens with zero attached hydrogens (tertiary/aromatic N) is 3. The van der Waals surface area contributed by atoms with Gasteiger partial charge < -0.3 is 43.6 Å². The Morgan fingerprint density at radius 2 is 1.53 bits per heavy atom. The molecule has 1 heterocycles. The zero-order chi connectivity index (χ0) is 23.0. The highest BCUT2D eigenvalue weighted by Crippen LogP contribution is 2.17. The highest BCUT2D eigenvalue weighted by molar-refractivity contribution is 6.31. The van der Waals surface area contributed by atoms with E-state index in [4.69, 9.17) is 34.7 Å². The number of likely N-dealkylation sites (N-methyl/N-ethyl adjacent to an activating group) is 1. The van der Waals surface area contributed by atoms with Crippen LogP contribution in [0.5, 0.6) is 0 Å². The maximum absolute atomic E-state index is 12.3. The SMILES string of the molecule is C[N+](C)(CCCCNC(=O)c1ccc(Cl)cc1)CCNC(=O)c1nc(Cl)c(N)nc1N.[Br-]. The summed E-state index contributed by atoms with van der Waals surface area (Å²) < 4.78 is 0.703. The van der Waals surface area contributed by atoms with Crippen molar-refractivity contribution in [2.75, 3.05) is 51.7 Å². The third-order valence-corrected chi connectivity index (χ3v) is 5.23. The van der Waals surface area contributed by atoms with Crippen molar-refractivity contribution in [2.24, 2.45) is 0 Å². The number of anilines is 2. The molecule has 9 nitrogen and oxygen atoms in total. The normalized spacial score (nSPS) is 10.9. The van der Waals surface area contributed by atoms with E-state index in [2.05, 4.69) is 34.7 Å². The number of hydrogen-bond donors (Lipinski definition) is 4. The van der Waals surface area contributed by atoms with Crippen LogP contribution in [0.1, 0.15) is 33.7 Å². The highest BCUT2D eigenvalue weighted by Gasteiger charge is 2.18. The zero-order valence-corrected chi connectivity index (χ0v) is 21.1. The molecule has 2 amide bonds. The third-order valence-electron chi connectivity index (χ3n) is 4.70. The van der Waals surface area contributed by atoms with Crippen LogP contribution in [-0.4, -0.2) is 66.5 Å². The van der Waals surface area contributed by atoms with Gasteiger partial charge in [0.1, 0.15) is 0 Å². The van der Waals surface area contributed by atoms with Crippen LogP contribution in [-0.2, 0) is 0 Å². The van der Waals surface area contributed by atoms with Gasteiger partial charge in [-0.2, -0.15) is 0 Å². The third kappa shape index (κ3) is 8.78. The number of aromatic nitrogens is 2. The van der Waals surface area contributed by atoms with Crippen molar-refractivity contribution in [1.82, 2.24) is 20.6 Å². The summed E-state index contributed by atoms with van der Waals surface area (Å²) in [7, 11) is 4.15. The molecule has 1 aromatic carbocycles. The number of nitrogens with two attached hydrogens (primary N) is 2. The topological polar surface area (TPSA) is 136 Å². The molecule has 0 spiro atoms. The number of unbranched alkanes of at least 4 members (excludes halogenated alkanes) is 1. The minimum absolute atomic E-state index is 0. The van der Waals surface area contributed by atoms with Crippen molar-refractivity contribution < 1.29 is 31.1 Å². The second-order valence-electron chi connectivity index (χ2n) is 7.74. The van der Waals surface area contributed by atoms with E-state index in [0.717, 1.165) is 19.4 Å². The molecule has 0 radical (unpaired) electrons. The van der Waals surface area contributed by atoms with Crippen LogP contribution >= 0.6 is 23.2 Å². The summed E-state index contributed by atoms with van der Waals surface area (Å²) in [5.74, 6) is -0.637. The Morgan fingerprint density at radius 1 is 0.906 bits per heavy atom. The fourth-order valence-corrected chi connectivity index (χ4v) is 3.10. The Bertz CT molecular complexity index is 927. The number of carbonyl (C=O) groups excluding carboxylic acids is 2. The van der Waals surface area contributed by atoms with Gasteiger partial charge in [-0.1, -0.05) is 23.2 Å². The van der Waals surface area contributed by atoms with Crippen LogP contribution in [0, 0.1) is 0 Å². The number of halogens is 3. The van der Waals surface area contributed by atoms with Gasteiger partial charge in [0.05, 0.1) is 33.7 Å². The van der Waals surface area contributed by atoms with Gasteiger partial charge in [0.2, 0.25) is 0 Å². The molecule has 0 fully saturated rings. The molecular weight excluding hydrogens is 521 g/mol. The van der Waals surface area contributed by atoms with Crippen molar-refractivity contribution in [3.63, 3.8) is 0 Å². The van der Waals surface area contributed by atoms with E-state index in [0.29, 0.717) is 34.7 Å². The van der Waals surface area contributed by atoms with Crippen LogP contribution < -0.4 is 39.1 Å². The first-order chi connectivity index (χ1) is 14.6. The first kappa shape index (κ1) is 27.9. The second-order valence-corrected chi connectivity index (χ2v) is 8.54. The number of nitrogens with one attached hydrogen (secondary N) is 2. The van der Waals surface area contributed by atoms with E-state index in [-0.39, 0.29) is 45.4 Å². The molecule has 1 aromatic heterocycles. The quantitative estimate of drug-likeness (QED) is 0.221. The molecule has 0 aliphatic heterocycles. The molecule has 0 unspecified atom stereocenters. The molecule has 2 aromatic rings. The van der Waals surface area contributed by atoms with Gasteiger partial charge >= 0.3 is 0 Å². The van der Waals surface area contributed by atoms with E-state index < -0.39 is 5.91 Å². The first-order valence-electron chi connectivity index (χ1n) is 9.81. The van der Waals surface area contributed by atoms with Crippen LogP contribution in [0.15, 0.2) is 24.3 Å². The summed E-state index contributed by atoms with van der Waals surface area (Å²) in [6.45, 7) is 2.62. The Hall–Kier alpha value is -2.14. The van der Waals surface area contributed by atoms with Gasteiger partial charge in [-0.25, -0.2) is 9.97 Å². The van der Waals surface area contributed by atoms with Gasteiger partial charge in [-0.05, 0) is 37.1 Å². The molecule has 0 aliphatic rings. The molecule has 32 heavy (non-hydrogen) atoms. The molecule has 0 saturated heterocycles. The molecular formula is C20H28BrCl2N7O2. The largest absolute Gasteiger partial charge is 1.00 e. The van der Waals surface area contributed by atoms with Crippen LogP contribution in [0.2, 0.25) is 10.2 Å². The van der Waals surface area contributed by atoms with Crippen molar-refractivity contribution in [1.29, 1.82) is 0 Å². The summed E-state index contributed by atoms with van der Waals surface area (Å²) in [5, 5.41) is 6.22. The molecule has 176 valence electrons. The van der Waals surface area contributed by atoms with Crippen molar-refractivity contribution in [2.45, 2.75) is 12.8 Å². The van der Waals surface area contributed by atoms with Crippen molar-refractivity contribution >= 4 is 46.7 Å².